The van der Waals surface area contributed by atoms with Gasteiger partial charge in [-0.05, 0) is 12.1 Å². The van der Waals surface area contributed by atoms with E-state index in [1.165, 1.54) is 18.2 Å². The second kappa shape index (κ2) is 5.18. The highest BCUT2D eigenvalue weighted by atomic mass is 35.5. The van der Waals surface area contributed by atoms with E-state index in [-0.39, 0.29) is 18.0 Å². The van der Waals surface area contributed by atoms with Crippen LogP contribution in [0.3, 0.4) is 0 Å². The quantitative estimate of drug-likeness (QED) is 0.575. The Labute approximate surface area is 85.3 Å². The standard InChI is InChI=1S/C8H6FNO3.ClH/c9-6-4-2-1-3-5(6)7(11)13-8(10)12;/h1-4H,(H2,10,12);1H. The fraction of sp³-hybridized carbons (Fsp3) is 0. The van der Waals surface area contributed by atoms with Crippen LogP contribution in [0.4, 0.5) is 9.18 Å². The van der Waals surface area contributed by atoms with E-state index in [2.05, 4.69) is 10.5 Å². The minimum Gasteiger partial charge on any atom is -0.373 e. The molecule has 0 unspecified atom stereocenters. The first-order valence-electron chi connectivity index (χ1n) is 3.37. The van der Waals surface area contributed by atoms with E-state index >= 15 is 0 Å². The molecule has 0 aliphatic carbocycles. The molecule has 0 bridgehead atoms. The Balaban J connectivity index is 0.00000169. The second-order valence-electron chi connectivity index (χ2n) is 2.19. The first-order valence-corrected chi connectivity index (χ1v) is 3.37. The average Bonchev–Trinajstić information content (AvgIpc) is 2.03. The summed E-state index contributed by atoms with van der Waals surface area (Å²) in [5, 5.41) is 0. The van der Waals surface area contributed by atoms with Gasteiger partial charge in [0.2, 0.25) is 0 Å². The molecule has 1 aromatic rings. The molecule has 4 nitrogen and oxygen atoms in total. The SMILES string of the molecule is Cl.NC(=O)OC(=O)c1ccccc1F. The van der Waals surface area contributed by atoms with Gasteiger partial charge in [-0.3, -0.25) is 0 Å². The molecule has 0 saturated heterocycles. The zero-order chi connectivity index (χ0) is 9.84. The van der Waals surface area contributed by atoms with Gasteiger partial charge in [0.15, 0.2) is 0 Å². The van der Waals surface area contributed by atoms with Crippen molar-refractivity contribution in [3.05, 3.63) is 35.6 Å². The van der Waals surface area contributed by atoms with Gasteiger partial charge in [-0.15, -0.1) is 12.4 Å². The van der Waals surface area contributed by atoms with Crippen molar-refractivity contribution in [3.63, 3.8) is 0 Å². The number of esters is 1. The summed E-state index contributed by atoms with van der Waals surface area (Å²) in [7, 11) is 0. The number of amides is 1. The van der Waals surface area contributed by atoms with Crippen LogP contribution in [0.5, 0.6) is 0 Å². The maximum Gasteiger partial charge on any atom is 0.412 e. The van der Waals surface area contributed by atoms with Crippen LogP contribution in [0.25, 0.3) is 0 Å². The topological polar surface area (TPSA) is 69.4 Å². The molecular weight excluding hydrogens is 213 g/mol. The molecular formula is C8H7ClFNO3. The highest BCUT2D eigenvalue weighted by Gasteiger charge is 2.13. The summed E-state index contributed by atoms with van der Waals surface area (Å²) in [6.45, 7) is 0. The van der Waals surface area contributed by atoms with Crippen molar-refractivity contribution in [1.29, 1.82) is 0 Å². The van der Waals surface area contributed by atoms with Crippen LogP contribution in [-0.2, 0) is 4.74 Å². The van der Waals surface area contributed by atoms with Gasteiger partial charge in [0.1, 0.15) is 5.82 Å². The molecule has 1 rings (SSSR count). The molecule has 0 aliphatic heterocycles. The van der Waals surface area contributed by atoms with Crippen molar-refractivity contribution in [1.82, 2.24) is 0 Å². The zero-order valence-corrected chi connectivity index (χ0v) is 7.71. The highest BCUT2D eigenvalue weighted by molar-refractivity contribution is 5.96. The molecule has 1 amide bonds. The number of carbonyl (C=O) groups is 2. The average molecular weight is 220 g/mol. The van der Waals surface area contributed by atoms with E-state index < -0.39 is 17.9 Å². The number of hydrogen-bond donors (Lipinski definition) is 1. The molecule has 2 N–H and O–H groups in total. The Kier molecular flexibility index (Phi) is 4.58. The van der Waals surface area contributed by atoms with Crippen molar-refractivity contribution >= 4 is 24.5 Å². The highest BCUT2D eigenvalue weighted by Crippen LogP contribution is 2.07. The zero-order valence-electron chi connectivity index (χ0n) is 6.90. The van der Waals surface area contributed by atoms with Crippen LogP contribution >= 0.6 is 12.4 Å². The predicted molar refractivity (Wildman–Crippen MR) is 48.6 cm³/mol. The Hall–Kier alpha value is -1.62. The monoisotopic (exact) mass is 219 g/mol. The van der Waals surface area contributed by atoms with Crippen molar-refractivity contribution in [2.75, 3.05) is 0 Å². The van der Waals surface area contributed by atoms with Crippen LogP contribution < -0.4 is 5.73 Å². The fourth-order valence-corrected chi connectivity index (χ4v) is 0.773. The van der Waals surface area contributed by atoms with Crippen molar-refractivity contribution in [3.8, 4) is 0 Å². The number of ether oxygens (including phenoxy) is 1. The number of nitrogens with two attached hydrogens (primary N) is 1. The molecule has 0 atom stereocenters. The van der Waals surface area contributed by atoms with Crippen LogP contribution in [0, 0.1) is 5.82 Å². The lowest BCUT2D eigenvalue weighted by Crippen LogP contribution is -2.19. The van der Waals surface area contributed by atoms with Gasteiger partial charge < -0.3 is 10.5 Å². The number of primary amides is 1. The third-order valence-corrected chi connectivity index (χ3v) is 1.29. The smallest absolute Gasteiger partial charge is 0.373 e. The van der Waals surface area contributed by atoms with Gasteiger partial charge in [0.05, 0.1) is 5.56 Å². The maximum absolute atomic E-state index is 12.8. The molecule has 0 radical (unpaired) electrons. The van der Waals surface area contributed by atoms with Gasteiger partial charge in [-0.25, -0.2) is 14.0 Å². The van der Waals surface area contributed by atoms with Crippen LogP contribution in [0.1, 0.15) is 10.4 Å². The Morgan fingerprint density at radius 3 is 2.36 bits per heavy atom. The van der Waals surface area contributed by atoms with Gasteiger partial charge in [0.25, 0.3) is 0 Å². The molecule has 0 aromatic heterocycles. The normalized spacial score (nSPS) is 8.64. The van der Waals surface area contributed by atoms with Crippen LogP contribution in [-0.4, -0.2) is 12.1 Å². The number of hydrogen-bond acceptors (Lipinski definition) is 3. The number of benzene rings is 1. The van der Waals surface area contributed by atoms with E-state index in [9.17, 15) is 14.0 Å². The van der Waals surface area contributed by atoms with Crippen LogP contribution in [0.15, 0.2) is 24.3 Å². The lowest BCUT2D eigenvalue weighted by atomic mass is 10.2. The molecule has 0 fully saturated rings. The maximum atomic E-state index is 12.8. The van der Waals surface area contributed by atoms with Crippen molar-refractivity contribution in [2.45, 2.75) is 0 Å². The van der Waals surface area contributed by atoms with E-state index in [4.69, 9.17) is 0 Å². The number of halogens is 2. The van der Waals surface area contributed by atoms with E-state index in [1.54, 1.807) is 0 Å². The number of rotatable bonds is 1. The summed E-state index contributed by atoms with van der Waals surface area (Å²) in [6, 6.07) is 5.13. The molecule has 76 valence electrons. The number of carbonyl (C=O) groups excluding carboxylic acids is 2. The molecule has 0 aliphatic rings. The lowest BCUT2D eigenvalue weighted by Gasteiger charge is -1.99. The largest absolute Gasteiger partial charge is 0.412 e. The first kappa shape index (κ1) is 12.4. The van der Waals surface area contributed by atoms with Gasteiger partial charge in [-0.2, -0.15) is 0 Å². The molecule has 14 heavy (non-hydrogen) atoms. The summed E-state index contributed by atoms with van der Waals surface area (Å²) in [5.74, 6) is -1.85. The van der Waals surface area contributed by atoms with Gasteiger partial charge >= 0.3 is 12.1 Å². The third kappa shape index (κ3) is 3.02. The summed E-state index contributed by atoms with van der Waals surface area (Å²) in [5.41, 5.74) is 4.26. The van der Waals surface area contributed by atoms with Crippen molar-refractivity contribution in [2.24, 2.45) is 5.73 Å². The second-order valence-corrected chi connectivity index (χ2v) is 2.19. The first-order chi connectivity index (χ1) is 6.11. The van der Waals surface area contributed by atoms with Crippen molar-refractivity contribution < 1.29 is 18.7 Å². The van der Waals surface area contributed by atoms with E-state index in [0.717, 1.165) is 6.07 Å². The molecule has 1 aromatic carbocycles. The van der Waals surface area contributed by atoms with Gasteiger partial charge in [0, 0.05) is 0 Å². The molecule has 6 heteroatoms. The fourth-order valence-electron chi connectivity index (χ4n) is 0.773. The summed E-state index contributed by atoms with van der Waals surface area (Å²) in [6.07, 6.45) is -1.26. The molecule has 0 spiro atoms. The Bertz CT molecular complexity index is 356. The Morgan fingerprint density at radius 2 is 1.86 bits per heavy atom. The minimum atomic E-state index is -1.26. The molecule has 0 heterocycles. The summed E-state index contributed by atoms with van der Waals surface area (Å²) in [4.78, 5) is 21.1. The summed E-state index contributed by atoms with van der Waals surface area (Å²) >= 11 is 0. The lowest BCUT2D eigenvalue weighted by molar-refractivity contribution is 0.0633. The van der Waals surface area contributed by atoms with E-state index in [1.807, 2.05) is 0 Å². The Morgan fingerprint density at radius 1 is 1.29 bits per heavy atom. The predicted octanol–water partition coefficient (Wildman–Crippen LogP) is 1.48. The van der Waals surface area contributed by atoms with E-state index in [0.29, 0.717) is 0 Å². The van der Waals surface area contributed by atoms with Crippen LogP contribution in [0.2, 0.25) is 0 Å². The molecule has 0 saturated carbocycles. The van der Waals surface area contributed by atoms with Gasteiger partial charge in [-0.1, -0.05) is 12.1 Å². The summed E-state index contributed by atoms with van der Waals surface area (Å²) < 4.78 is 16.8. The minimum absolute atomic E-state index is 0. The third-order valence-electron chi connectivity index (χ3n) is 1.29.